The Balaban J connectivity index is 3.33. The van der Waals surface area contributed by atoms with E-state index in [1.165, 1.54) is 11.8 Å². The molecule has 1 N–H and O–H groups in total. The molecule has 0 aliphatic carbocycles. The molecular formula is C11H22O3S. The van der Waals surface area contributed by atoms with Crippen LogP contribution < -0.4 is 0 Å². The summed E-state index contributed by atoms with van der Waals surface area (Å²) in [6.07, 6.45) is 1.74. The molecule has 1 atom stereocenters. The van der Waals surface area contributed by atoms with Crippen LogP contribution in [-0.4, -0.2) is 35.3 Å². The number of thioether (sulfide) groups is 1. The fraction of sp³-hybridized carbons (Fsp3) is 0.909. The molecule has 3 nitrogen and oxygen atoms in total. The summed E-state index contributed by atoms with van der Waals surface area (Å²) in [4.78, 5) is 10.7. The number of aliphatic carboxylic acids is 1. The number of carboxylic acid groups (broad SMARTS) is 1. The van der Waals surface area contributed by atoms with Gasteiger partial charge in [-0.2, -0.15) is 0 Å². The van der Waals surface area contributed by atoms with Gasteiger partial charge in [-0.05, 0) is 18.8 Å². The van der Waals surface area contributed by atoms with Crippen molar-refractivity contribution in [1.82, 2.24) is 0 Å². The van der Waals surface area contributed by atoms with Crippen molar-refractivity contribution in [2.45, 2.75) is 38.9 Å². The van der Waals surface area contributed by atoms with Gasteiger partial charge in [0.1, 0.15) is 5.25 Å². The van der Waals surface area contributed by atoms with E-state index < -0.39 is 5.97 Å². The Morgan fingerprint density at radius 1 is 1.40 bits per heavy atom. The maximum Gasteiger partial charge on any atom is 0.316 e. The average molecular weight is 234 g/mol. The van der Waals surface area contributed by atoms with Gasteiger partial charge < -0.3 is 9.84 Å². The molecule has 1 unspecified atom stereocenters. The standard InChI is InChI=1S/C11H22O3S/c1-4-10(11(12)13)15-8-7-14-6-5-9(2)3/h9-10H,4-8H2,1-3H3,(H,12,13). The Hall–Kier alpha value is -0.220. The molecule has 4 heteroatoms. The van der Waals surface area contributed by atoms with E-state index in [2.05, 4.69) is 13.8 Å². The summed E-state index contributed by atoms with van der Waals surface area (Å²) in [6, 6.07) is 0. The van der Waals surface area contributed by atoms with Crippen molar-refractivity contribution in [3.05, 3.63) is 0 Å². The van der Waals surface area contributed by atoms with E-state index in [0.29, 0.717) is 18.9 Å². The monoisotopic (exact) mass is 234 g/mol. The fourth-order valence-corrected chi connectivity index (χ4v) is 1.91. The number of ether oxygens (including phenoxy) is 1. The molecule has 0 aromatic heterocycles. The van der Waals surface area contributed by atoms with Gasteiger partial charge in [0.15, 0.2) is 0 Å². The van der Waals surface area contributed by atoms with Crippen molar-refractivity contribution in [2.24, 2.45) is 5.92 Å². The predicted molar refractivity (Wildman–Crippen MR) is 64.4 cm³/mol. The third-order valence-electron chi connectivity index (χ3n) is 2.03. The highest BCUT2D eigenvalue weighted by atomic mass is 32.2. The first-order valence-corrected chi connectivity index (χ1v) is 6.55. The topological polar surface area (TPSA) is 46.5 Å². The highest BCUT2D eigenvalue weighted by molar-refractivity contribution is 8.00. The molecule has 0 radical (unpaired) electrons. The molecule has 0 rings (SSSR count). The van der Waals surface area contributed by atoms with Crippen molar-refractivity contribution >= 4 is 17.7 Å². The molecule has 0 saturated heterocycles. The van der Waals surface area contributed by atoms with Crippen LogP contribution in [0.4, 0.5) is 0 Å². The summed E-state index contributed by atoms with van der Waals surface area (Å²) in [7, 11) is 0. The molecule has 0 aromatic rings. The van der Waals surface area contributed by atoms with Crippen molar-refractivity contribution in [1.29, 1.82) is 0 Å². The quantitative estimate of drug-likeness (QED) is 0.623. The lowest BCUT2D eigenvalue weighted by atomic mass is 10.1. The smallest absolute Gasteiger partial charge is 0.316 e. The number of rotatable bonds is 9. The lowest BCUT2D eigenvalue weighted by Gasteiger charge is -2.10. The summed E-state index contributed by atoms with van der Waals surface area (Å²) in [5.41, 5.74) is 0. The van der Waals surface area contributed by atoms with E-state index in [1.54, 1.807) is 0 Å². The largest absolute Gasteiger partial charge is 0.480 e. The third kappa shape index (κ3) is 8.75. The summed E-state index contributed by atoms with van der Waals surface area (Å²) < 4.78 is 5.41. The number of carboxylic acids is 1. The SMILES string of the molecule is CCC(SCCOCCC(C)C)C(=O)O. The minimum absolute atomic E-state index is 0.279. The zero-order valence-electron chi connectivity index (χ0n) is 9.86. The van der Waals surface area contributed by atoms with Gasteiger partial charge in [-0.1, -0.05) is 20.8 Å². The molecule has 0 fully saturated rings. The first-order valence-electron chi connectivity index (χ1n) is 5.50. The van der Waals surface area contributed by atoms with Gasteiger partial charge in [0.25, 0.3) is 0 Å². The van der Waals surface area contributed by atoms with Crippen LogP contribution in [0, 0.1) is 5.92 Å². The zero-order chi connectivity index (χ0) is 11.7. The molecule has 0 spiro atoms. The van der Waals surface area contributed by atoms with E-state index in [-0.39, 0.29) is 5.25 Å². The normalized spacial score (nSPS) is 13.1. The van der Waals surface area contributed by atoms with Crippen LogP contribution in [0.3, 0.4) is 0 Å². The highest BCUT2D eigenvalue weighted by Gasteiger charge is 2.14. The van der Waals surface area contributed by atoms with Crippen LogP contribution in [0.15, 0.2) is 0 Å². The lowest BCUT2D eigenvalue weighted by molar-refractivity contribution is -0.136. The molecule has 0 heterocycles. The van der Waals surface area contributed by atoms with Crippen LogP contribution >= 0.6 is 11.8 Å². The second-order valence-corrected chi connectivity index (χ2v) is 5.21. The second kappa shape index (κ2) is 9.04. The van der Waals surface area contributed by atoms with Crippen molar-refractivity contribution in [2.75, 3.05) is 19.0 Å². The molecule has 0 bridgehead atoms. The molecule has 0 aliphatic heterocycles. The van der Waals surface area contributed by atoms with Gasteiger partial charge in [-0.3, -0.25) is 4.79 Å². The van der Waals surface area contributed by atoms with E-state index in [0.717, 1.165) is 18.8 Å². The number of carbonyl (C=O) groups is 1. The van der Waals surface area contributed by atoms with E-state index in [1.807, 2.05) is 6.92 Å². The zero-order valence-corrected chi connectivity index (χ0v) is 10.7. The maximum atomic E-state index is 10.7. The van der Waals surface area contributed by atoms with Crippen LogP contribution in [0.5, 0.6) is 0 Å². The van der Waals surface area contributed by atoms with Crippen molar-refractivity contribution < 1.29 is 14.6 Å². The minimum Gasteiger partial charge on any atom is -0.480 e. The lowest BCUT2D eigenvalue weighted by Crippen LogP contribution is -2.16. The van der Waals surface area contributed by atoms with Crippen molar-refractivity contribution in [3.8, 4) is 0 Å². The average Bonchev–Trinajstić information content (AvgIpc) is 2.15. The highest BCUT2D eigenvalue weighted by Crippen LogP contribution is 2.14. The van der Waals surface area contributed by atoms with Crippen LogP contribution in [0.25, 0.3) is 0 Å². The molecule has 0 aromatic carbocycles. The Labute approximate surface area is 96.6 Å². The number of hydrogen-bond acceptors (Lipinski definition) is 3. The molecule has 0 aliphatic rings. The minimum atomic E-state index is -0.718. The fourth-order valence-electron chi connectivity index (χ4n) is 1.03. The first kappa shape index (κ1) is 14.8. The Morgan fingerprint density at radius 2 is 2.07 bits per heavy atom. The summed E-state index contributed by atoms with van der Waals surface area (Å²) >= 11 is 1.46. The van der Waals surface area contributed by atoms with Gasteiger partial charge in [0.2, 0.25) is 0 Å². The van der Waals surface area contributed by atoms with Crippen molar-refractivity contribution in [3.63, 3.8) is 0 Å². The van der Waals surface area contributed by atoms with Crippen LogP contribution in [0.1, 0.15) is 33.6 Å². The van der Waals surface area contributed by atoms with Gasteiger partial charge in [-0.15, -0.1) is 11.8 Å². The van der Waals surface area contributed by atoms with Gasteiger partial charge in [-0.25, -0.2) is 0 Å². The maximum absolute atomic E-state index is 10.7. The van der Waals surface area contributed by atoms with Crippen LogP contribution in [-0.2, 0) is 9.53 Å². The van der Waals surface area contributed by atoms with Gasteiger partial charge in [0, 0.05) is 12.4 Å². The Morgan fingerprint density at radius 3 is 2.53 bits per heavy atom. The summed E-state index contributed by atoms with van der Waals surface area (Å²) in [5, 5.41) is 8.51. The van der Waals surface area contributed by atoms with Gasteiger partial charge in [0.05, 0.1) is 6.61 Å². The molecule has 90 valence electrons. The van der Waals surface area contributed by atoms with Crippen LogP contribution in [0.2, 0.25) is 0 Å². The number of hydrogen-bond donors (Lipinski definition) is 1. The van der Waals surface area contributed by atoms with E-state index in [4.69, 9.17) is 9.84 Å². The summed E-state index contributed by atoms with van der Waals surface area (Å²) in [6.45, 7) is 7.65. The Bertz CT molecular complexity index is 171. The summed E-state index contributed by atoms with van der Waals surface area (Å²) in [5.74, 6) is 0.716. The molecular weight excluding hydrogens is 212 g/mol. The Kier molecular flexibility index (Phi) is 8.91. The van der Waals surface area contributed by atoms with E-state index in [9.17, 15) is 4.79 Å². The predicted octanol–water partition coefficient (Wildman–Crippen LogP) is 2.65. The second-order valence-electron chi connectivity index (χ2n) is 3.90. The molecule has 15 heavy (non-hydrogen) atoms. The van der Waals surface area contributed by atoms with Gasteiger partial charge >= 0.3 is 5.97 Å². The van der Waals surface area contributed by atoms with E-state index >= 15 is 0 Å². The third-order valence-corrected chi connectivity index (χ3v) is 3.37. The molecule has 0 saturated carbocycles. The molecule has 0 amide bonds. The first-order chi connectivity index (χ1) is 7.07.